The van der Waals surface area contributed by atoms with E-state index in [1.165, 1.54) is 22.5 Å². The largest absolute Gasteiger partial charge is 0.477 e. The van der Waals surface area contributed by atoms with Crippen LogP contribution in [0.5, 0.6) is 0 Å². The van der Waals surface area contributed by atoms with E-state index in [1.807, 2.05) is 18.2 Å². The summed E-state index contributed by atoms with van der Waals surface area (Å²) in [7, 11) is 0. The first-order valence-corrected chi connectivity index (χ1v) is 12.5. The highest BCUT2D eigenvalue weighted by Crippen LogP contribution is 2.43. The first-order valence-electron chi connectivity index (χ1n) is 12.5. The van der Waals surface area contributed by atoms with Gasteiger partial charge in [0.25, 0.3) is 0 Å². The first-order chi connectivity index (χ1) is 16.7. The fraction of sp³-hybridized carbons (Fsp3) is 0.355. The van der Waals surface area contributed by atoms with E-state index in [1.54, 1.807) is 0 Å². The number of nitriles is 1. The molecule has 0 fully saturated rings. The smallest absolute Gasteiger partial charge is 0.346 e. The number of aliphatic carboxylic acids is 1. The number of rotatable bonds is 6. The van der Waals surface area contributed by atoms with Crippen molar-refractivity contribution in [2.75, 3.05) is 11.4 Å². The van der Waals surface area contributed by atoms with Gasteiger partial charge in [0.05, 0.1) is 0 Å². The van der Waals surface area contributed by atoms with Crippen LogP contribution < -0.4 is 4.90 Å². The lowest BCUT2D eigenvalue weighted by atomic mass is 9.77. The number of anilines is 2. The molecule has 0 radical (unpaired) electrons. The second-order valence-corrected chi connectivity index (χ2v) is 10.3. The minimum absolute atomic E-state index is 0.0814. The summed E-state index contributed by atoms with van der Waals surface area (Å²) in [5.74, 6) is -0.580. The molecule has 4 nitrogen and oxygen atoms in total. The maximum absolute atomic E-state index is 11.3. The van der Waals surface area contributed by atoms with Crippen LogP contribution in [0.3, 0.4) is 0 Å². The number of fused-ring (bicyclic) bond motifs is 1. The van der Waals surface area contributed by atoms with Gasteiger partial charge >= 0.3 is 5.97 Å². The second-order valence-electron chi connectivity index (χ2n) is 10.3. The minimum atomic E-state index is -1.15. The SMILES string of the molecule is CCC(C)c1ccc(N2CCC(C)(C)c3cc(/C=C/C4=CC(=C(\C#N)C(=O)O)/CC4)ccc32)cc1. The van der Waals surface area contributed by atoms with Crippen LogP contribution >= 0.6 is 0 Å². The monoisotopic (exact) mass is 466 g/mol. The average Bonchev–Trinajstić information content (AvgIpc) is 3.31. The third kappa shape index (κ3) is 5.10. The summed E-state index contributed by atoms with van der Waals surface area (Å²) >= 11 is 0. The van der Waals surface area contributed by atoms with Crippen LogP contribution in [0.4, 0.5) is 11.4 Å². The molecule has 1 N–H and O–H groups in total. The van der Waals surface area contributed by atoms with E-state index >= 15 is 0 Å². The molecule has 2 aromatic carbocycles. The van der Waals surface area contributed by atoms with Crippen LogP contribution in [-0.2, 0) is 10.2 Å². The standard InChI is InChI=1S/C31H34N2O2/c1-5-21(2)24-11-13-26(14-12-24)33-17-16-31(3,4)28-19-23(9-15-29(28)33)7-6-22-8-10-25(18-22)27(20-32)30(34)35/h6-7,9,11-15,18-19,21H,5,8,10,16-17H2,1-4H3,(H,34,35)/b7-6+,27-25+. The van der Waals surface area contributed by atoms with Crippen LogP contribution in [0.1, 0.15) is 76.0 Å². The average molecular weight is 467 g/mol. The highest BCUT2D eigenvalue weighted by atomic mass is 16.4. The summed E-state index contributed by atoms with van der Waals surface area (Å²) in [6.07, 6.45) is 9.55. The Bertz CT molecular complexity index is 1260. The van der Waals surface area contributed by atoms with Gasteiger partial charge in [0.15, 0.2) is 0 Å². The van der Waals surface area contributed by atoms with Gasteiger partial charge in [-0.2, -0.15) is 5.26 Å². The lowest BCUT2D eigenvalue weighted by Gasteiger charge is -2.40. The lowest BCUT2D eigenvalue weighted by molar-refractivity contribution is -0.132. The van der Waals surface area contributed by atoms with Crippen molar-refractivity contribution >= 4 is 23.4 Å². The number of nitrogens with zero attached hydrogens (tertiary/aromatic N) is 2. The zero-order chi connectivity index (χ0) is 25.2. The molecule has 0 saturated heterocycles. The van der Waals surface area contributed by atoms with Gasteiger partial charge in [-0.05, 0) is 89.1 Å². The molecule has 1 aliphatic carbocycles. The van der Waals surface area contributed by atoms with E-state index in [2.05, 4.69) is 81.1 Å². The minimum Gasteiger partial charge on any atom is -0.477 e. The third-order valence-electron chi connectivity index (χ3n) is 7.57. The Kier molecular flexibility index (Phi) is 6.98. The van der Waals surface area contributed by atoms with E-state index in [0.29, 0.717) is 17.9 Å². The quantitative estimate of drug-likeness (QED) is 0.351. The molecule has 4 heteroatoms. The first kappa shape index (κ1) is 24.5. The Labute approximate surface area is 208 Å². The number of carbonyl (C=O) groups is 1. The van der Waals surface area contributed by atoms with Gasteiger partial charge in [-0.1, -0.05) is 64.1 Å². The predicted octanol–water partition coefficient (Wildman–Crippen LogP) is 7.66. The molecule has 0 saturated carbocycles. The topological polar surface area (TPSA) is 64.3 Å². The summed E-state index contributed by atoms with van der Waals surface area (Å²) in [6.45, 7) is 10.1. The van der Waals surface area contributed by atoms with Crippen molar-refractivity contribution in [1.82, 2.24) is 0 Å². The Balaban J connectivity index is 1.61. The maximum atomic E-state index is 11.3. The maximum Gasteiger partial charge on any atom is 0.346 e. The lowest BCUT2D eigenvalue weighted by Crippen LogP contribution is -2.34. The van der Waals surface area contributed by atoms with Crippen LogP contribution in [0.25, 0.3) is 6.08 Å². The van der Waals surface area contributed by atoms with E-state index in [9.17, 15) is 9.90 Å². The fourth-order valence-electron chi connectivity index (χ4n) is 5.00. The molecule has 35 heavy (non-hydrogen) atoms. The molecule has 0 aromatic heterocycles. The van der Waals surface area contributed by atoms with Gasteiger partial charge in [-0.15, -0.1) is 0 Å². The van der Waals surface area contributed by atoms with Gasteiger partial charge in [-0.25, -0.2) is 4.79 Å². The summed E-state index contributed by atoms with van der Waals surface area (Å²) < 4.78 is 0. The molecule has 180 valence electrons. The van der Waals surface area contributed by atoms with Crippen molar-refractivity contribution in [2.24, 2.45) is 0 Å². The predicted molar refractivity (Wildman–Crippen MR) is 143 cm³/mol. The molecule has 0 amide bonds. The fourth-order valence-corrected chi connectivity index (χ4v) is 5.00. The molecule has 2 aromatic rings. The molecule has 0 spiro atoms. The van der Waals surface area contributed by atoms with E-state index in [-0.39, 0.29) is 11.0 Å². The third-order valence-corrected chi connectivity index (χ3v) is 7.57. The summed E-state index contributed by atoms with van der Waals surface area (Å²) in [6, 6.07) is 17.5. The van der Waals surface area contributed by atoms with Crippen LogP contribution in [-0.4, -0.2) is 17.6 Å². The molecule has 1 atom stereocenters. The number of hydrogen-bond donors (Lipinski definition) is 1. The zero-order valence-corrected chi connectivity index (χ0v) is 21.1. The molecule has 4 rings (SSSR count). The van der Waals surface area contributed by atoms with Gasteiger partial charge in [-0.3, -0.25) is 0 Å². The normalized spacial score (nSPS) is 19.2. The molecule has 1 heterocycles. The molecular formula is C31H34N2O2. The summed E-state index contributed by atoms with van der Waals surface area (Å²) in [5, 5.41) is 18.3. The zero-order valence-electron chi connectivity index (χ0n) is 21.1. The van der Waals surface area contributed by atoms with Crippen molar-refractivity contribution in [3.05, 3.63) is 88.0 Å². The Morgan fingerprint density at radius 1 is 1.17 bits per heavy atom. The van der Waals surface area contributed by atoms with Crippen molar-refractivity contribution < 1.29 is 9.90 Å². The van der Waals surface area contributed by atoms with Crippen molar-refractivity contribution in [1.29, 1.82) is 5.26 Å². The van der Waals surface area contributed by atoms with Gasteiger partial charge in [0, 0.05) is 17.9 Å². The number of carboxylic acids is 1. The van der Waals surface area contributed by atoms with E-state index in [0.717, 1.165) is 36.9 Å². The Hall–Kier alpha value is -3.58. The summed E-state index contributed by atoms with van der Waals surface area (Å²) in [5.41, 5.74) is 7.95. The molecule has 1 unspecified atom stereocenters. The molecule has 2 aliphatic rings. The van der Waals surface area contributed by atoms with Gasteiger partial charge < -0.3 is 10.0 Å². The number of carboxylic acid groups (broad SMARTS) is 1. The van der Waals surface area contributed by atoms with E-state index in [4.69, 9.17) is 5.26 Å². The van der Waals surface area contributed by atoms with Crippen molar-refractivity contribution in [2.45, 2.75) is 64.7 Å². The van der Waals surface area contributed by atoms with Gasteiger partial charge in [0.1, 0.15) is 11.6 Å². The van der Waals surface area contributed by atoms with Crippen LogP contribution in [0.2, 0.25) is 0 Å². The summed E-state index contributed by atoms with van der Waals surface area (Å²) in [4.78, 5) is 13.7. The molecular weight excluding hydrogens is 432 g/mol. The number of allylic oxidation sites excluding steroid dienone is 4. The Morgan fingerprint density at radius 2 is 1.91 bits per heavy atom. The van der Waals surface area contributed by atoms with Crippen molar-refractivity contribution in [3.63, 3.8) is 0 Å². The highest BCUT2D eigenvalue weighted by molar-refractivity contribution is 5.93. The highest BCUT2D eigenvalue weighted by Gasteiger charge is 2.32. The number of hydrogen-bond acceptors (Lipinski definition) is 3. The second kappa shape index (κ2) is 9.96. The van der Waals surface area contributed by atoms with E-state index < -0.39 is 5.97 Å². The molecule has 1 aliphatic heterocycles. The number of benzene rings is 2. The van der Waals surface area contributed by atoms with Gasteiger partial charge in [0.2, 0.25) is 0 Å². The molecule has 0 bridgehead atoms. The van der Waals surface area contributed by atoms with Crippen LogP contribution in [0.15, 0.2) is 71.3 Å². The van der Waals surface area contributed by atoms with Crippen molar-refractivity contribution in [3.8, 4) is 6.07 Å². The Morgan fingerprint density at radius 3 is 2.57 bits per heavy atom. The van der Waals surface area contributed by atoms with Crippen LogP contribution in [0, 0.1) is 11.3 Å².